The van der Waals surface area contributed by atoms with Crippen molar-refractivity contribution in [3.63, 3.8) is 0 Å². The summed E-state index contributed by atoms with van der Waals surface area (Å²) in [6, 6.07) is 9.53. The molecule has 0 aliphatic heterocycles. The normalized spacial score (nSPS) is 10.6. The highest BCUT2D eigenvalue weighted by Crippen LogP contribution is 2.21. The second-order valence-electron chi connectivity index (χ2n) is 4.28. The monoisotopic (exact) mass is 262 g/mol. The Morgan fingerprint density at radius 3 is 1.89 bits per heavy atom. The Balaban J connectivity index is 2.45. The smallest absolute Gasteiger partial charge is 0.423 e. The van der Waals surface area contributed by atoms with E-state index in [9.17, 15) is 8.78 Å². The van der Waals surface area contributed by atoms with Gasteiger partial charge in [-0.3, -0.25) is 0 Å². The van der Waals surface area contributed by atoms with Crippen LogP contribution in [0.25, 0.3) is 11.1 Å². The van der Waals surface area contributed by atoms with E-state index in [4.69, 9.17) is 10.0 Å². The lowest BCUT2D eigenvalue weighted by molar-refractivity contribution is 0.419. The molecule has 0 saturated carbocycles. The lowest BCUT2D eigenvalue weighted by Gasteiger charge is -2.08. The van der Waals surface area contributed by atoms with Crippen LogP contribution in [0.1, 0.15) is 12.5 Å². The van der Waals surface area contributed by atoms with Crippen LogP contribution in [0.3, 0.4) is 0 Å². The molecule has 0 saturated heterocycles. The van der Waals surface area contributed by atoms with Gasteiger partial charge in [-0.2, -0.15) is 0 Å². The summed E-state index contributed by atoms with van der Waals surface area (Å²) in [6.07, 6.45) is 0.888. The van der Waals surface area contributed by atoms with Crippen LogP contribution in [0.5, 0.6) is 0 Å². The van der Waals surface area contributed by atoms with Crippen molar-refractivity contribution in [1.29, 1.82) is 0 Å². The van der Waals surface area contributed by atoms with Gasteiger partial charge in [-0.1, -0.05) is 31.2 Å². The van der Waals surface area contributed by atoms with Crippen molar-refractivity contribution in [3.8, 4) is 11.1 Å². The Morgan fingerprint density at radius 1 is 0.947 bits per heavy atom. The second kappa shape index (κ2) is 5.51. The van der Waals surface area contributed by atoms with E-state index >= 15 is 0 Å². The third-order valence-corrected chi connectivity index (χ3v) is 3.03. The molecule has 2 N–H and O–H groups in total. The van der Waals surface area contributed by atoms with Crippen LogP contribution in [0, 0.1) is 11.6 Å². The van der Waals surface area contributed by atoms with E-state index in [0.29, 0.717) is 11.1 Å². The Kier molecular flexibility index (Phi) is 3.97. The SMILES string of the molecule is CCc1ccc(-c2cc(F)c(B(O)O)c(F)c2)cc1. The summed E-state index contributed by atoms with van der Waals surface area (Å²) in [5, 5.41) is 17.8. The first-order valence-corrected chi connectivity index (χ1v) is 5.97. The molecule has 2 rings (SSSR count). The topological polar surface area (TPSA) is 40.5 Å². The van der Waals surface area contributed by atoms with Crippen molar-refractivity contribution in [2.24, 2.45) is 0 Å². The maximum Gasteiger partial charge on any atom is 0.494 e. The standard InChI is InChI=1S/C14H13BF2O2/c1-2-9-3-5-10(6-4-9)11-7-12(16)14(15(18)19)13(17)8-11/h3-8,18-19H,2H2,1H3. The molecule has 2 aromatic rings. The Bertz CT molecular complexity index is 559. The van der Waals surface area contributed by atoms with Gasteiger partial charge in [0.2, 0.25) is 0 Å². The van der Waals surface area contributed by atoms with Crippen molar-refractivity contribution >= 4 is 12.6 Å². The highest BCUT2D eigenvalue weighted by atomic mass is 19.1. The molecule has 5 heteroatoms. The molecular formula is C14H13BF2O2. The molecule has 0 spiro atoms. The number of hydrogen-bond donors (Lipinski definition) is 2. The number of halogens is 2. The molecule has 0 aliphatic carbocycles. The van der Waals surface area contributed by atoms with Gasteiger partial charge in [-0.25, -0.2) is 8.78 Å². The second-order valence-corrected chi connectivity index (χ2v) is 4.28. The Morgan fingerprint density at radius 2 is 1.47 bits per heavy atom. The van der Waals surface area contributed by atoms with Crippen molar-refractivity contribution in [2.45, 2.75) is 13.3 Å². The van der Waals surface area contributed by atoms with Crippen LogP contribution in [0.15, 0.2) is 36.4 Å². The molecule has 2 aromatic carbocycles. The van der Waals surface area contributed by atoms with Crippen LogP contribution >= 0.6 is 0 Å². The van der Waals surface area contributed by atoms with Crippen LogP contribution in [-0.2, 0) is 6.42 Å². The van der Waals surface area contributed by atoms with Crippen molar-refractivity contribution in [1.82, 2.24) is 0 Å². The number of aryl methyl sites for hydroxylation is 1. The van der Waals surface area contributed by atoms with Crippen molar-refractivity contribution in [3.05, 3.63) is 53.6 Å². The van der Waals surface area contributed by atoms with E-state index in [0.717, 1.165) is 24.1 Å². The van der Waals surface area contributed by atoms with Crippen LogP contribution in [0.4, 0.5) is 8.78 Å². The quantitative estimate of drug-likeness (QED) is 0.829. The van der Waals surface area contributed by atoms with Gasteiger partial charge < -0.3 is 10.0 Å². The van der Waals surface area contributed by atoms with Crippen LogP contribution in [-0.4, -0.2) is 17.2 Å². The largest absolute Gasteiger partial charge is 0.494 e. The lowest BCUT2D eigenvalue weighted by atomic mass is 9.78. The molecule has 0 atom stereocenters. The van der Waals surface area contributed by atoms with Gasteiger partial charge in [0.25, 0.3) is 0 Å². The number of hydrogen-bond acceptors (Lipinski definition) is 2. The summed E-state index contributed by atoms with van der Waals surface area (Å²) in [5.74, 6) is -1.94. The molecule has 0 aliphatic rings. The zero-order chi connectivity index (χ0) is 14.0. The summed E-state index contributed by atoms with van der Waals surface area (Å²) in [6.45, 7) is 2.02. The lowest BCUT2D eigenvalue weighted by Crippen LogP contribution is -2.35. The molecule has 19 heavy (non-hydrogen) atoms. The summed E-state index contributed by atoms with van der Waals surface area (Å²) in [5.41, 5.74) is 1.44. The number of benzene rings is 2. The molecule has 0 bridgehead atoms. The van der Waals surface area contributed by atoms with Gasteiger partial charge in [-0.05, 0) is 35.2 Å². The highest BCUT2D eigenvalue weighted by Gasteiger charge is 2.22. The van der Waals surface area contributed by atoms with E-state index in [1.807, 2.05) is 19.1 Å². The van der Waals surface area contributed by atoms with E-state index in [2.05, 4.69) is 0 Å². The van der Waals surface area contributed by atoms with E-state index in [1.165, 1.54) is 0 Å². The maximum atomic E-state index is 13.6. The minimum atomic E-state index is -2.16. The summed E-state index contributed by atoms with van der Waals surface area (Å²) in [4.78, 5) is 0. The zero-order valence-electron chi connectivity index (χ0n) is 10.4. The van der Waals surface area contributed by atoms with Crippen molar-refractivity contribution in [2.75, 3.05) is 0 Å². The van der Waals surface area contributed by atoms with Crippen molar-refractivity contribution < 1.29 is 18.8 Å². The molecule has 0 radical (unpaired) electrons. The molecule has 2 nitrogen and oxygen atoms in total. The third kappa shape index (κ3) is 2.83. The van der Waals surface area contributed by atoms with Gasteiger partial charge in [0, 0.05) is 0 Å². The zero-order valence-corrected chi connectivity index (χ0v) is 10.4. The minimum absolute atomic E-state index is 0.363. The molecule has 0 amide bonds. The molecule has 98 valence electrons. The fourth-order valence-electron chi connectivity index (χ4n) is 1.93. The Labute approximate surface area is 110 Å². The number of rotatable bonds is 3. The fraction of sp³-hybridized carbons (Fsp3) is 0.143. The molecule has 0 unspecified atom stereocenters. The first kappa shape index (κ1) is 13.7. The Hall–Kier alpha value is -1.72. The van der Waals surface area contributed by atoms with E-state index in [1.54, 1.807) is 12.1 Å². The summed E-state index contributed by atoms with van der Waals surface area (Å²) < 4.78 is 27.3. The first-order valence-electron chi connectivity index (χ1n) is 5.97. The molecule has 0 aromatic heterocycles. The maximum absolute atomic E-state index is 13.6. The van der Waals surface area contributed by atoms with Gasteiger partial charge >= 0.3 is 7.12 Å². The van der Waals surface area contributed by atoms with Gasteiger partial charge in [0.1, 0.15) is 11.6 Å². The predicted molar refractivity (Wildman–Crippen MR) is 71.0 cm³/mol. The minimum Gasteiger partial charge on any atom is -0.423 e. The highest BCUT2D eigenvalue weighted by molar-refractivity contribution is 6.58. The fourth-order valence-corrected chi connectivity index (χ4v) is 1.93. The molecule has 0 heterocycles. The molecular weight excluding hydrogens is 249 g/mol. The third-order valence-electron chi connectivity index (χ3n) is 3.03. The van der Waals surface area contributed by atoms with Gasteiger partial charge in [-0.15, -0.1) is 0 Å². The first-order chi connectivity index (χ1) is 9.02. The van der Waals surface area contributed by atoms with Gasteiger partial charge in [0.05, 0.1) is 5.46 Å². The van der Waals surface area contributed by atoms with Crippen LogP contribution in [0.2, 0.25) is 0 Å². The van der Waals surface area contributed by atoms with E-state index < -0.39 is 24.2 Å². The van der Waals surface area contributed by atoms with Gasteiger partial charge in [0.15, 0.2) is 0 Å². The average molecular weight is 262 g/mol. The van der Waals surface area contributed by atoms with Crippen LogP contribution < -0.4 is 5.46 Å². The molecule has 0 fully saturated rings. The summed E-state index contributed by atoms with van der Waals surface area (Å²) >= 11 is 0. The summed E-state index contributed by atoms with van der Waals surface area (Å²) in [7, 11) is -2.16. The average Bonchev–Trinajstić information content (AvgIpc) is 2.37. The predicted octanol–water partition coefficient (Wildman–Crippen LogP) is 1.87. The van der Waals surface area contributed by atoms with E-state index in [-0.39, 0.29) is 0 Å².